The number of hydrogen-bond acceptors (Lipinski definition) is 6. The Labute approximate surface area is 190 Å². The van der Waals surface area contributed by atoms with E-state index in [4.69, 9.17) is 9.47 Å². The van der Waals surface area contributed by atoms with Gasteiger partial charge in [0, 0.05) is 23.6 Å². The number of aromatic nitrogens is 2. The van der Waals surface area contributed by atoms with E-state index in [0.717, 1.165) is 34.1 Å². The van der Waals surface area contributed by atoms with Crippen molar-refractivity contribution in [2.24, 2.45) is 0 Å². The third kappa shape index (κ3) is 4.72. The van der Waals surface area contributed by atoms with E-state index in [9.17, 15) is 9.59 Å². The van der Waals surface area contributed by atoms with E-state index >= 15 is 0 Å². The highest BCUT2D eigenvalue weighted by molar-refractivity contribution is 7.98. The second kappa shape index (κ2) is 9.78. The Morgan fingerprint density at radius 3 is 2.59 bits per heavy atom. The number of thioether (sulfide) groups is 1. The summed E-state index contributed by atoms with van der Waals surface area (Å²) in [5.41, 5.74) is 3.24. The Kier molecular flexibility index (Phi) is 6.65. The molecular weight excluding hydrogens is 428 g/mol. The molecule has 1 aromatic heterocycles. The van der Waals surface area contributed by atoms with Crippen molar-refractivity contribution < 1.29 is 19.1 Å². The Morgan fingerprint density at radius 1 is 1.06 bits per heavy atom. The number of anilines is 1. The summed E-state index contributed by atoms with van der Waals surface area (Å²) in [6, 6.07) is 14.5. The first-order chi connectivity index (χ1) is 15.6. The van der Waals surface area contributed by atoms with E-state index in [0.29, 0.717) is 23.7 Å². The van der Waals surface area contributed by atoms with E-state index in [-0.39, 0.29) is 18.4 Å². The zero-order valence-corrected chi connectivity index (χ0v) is 18.7. The minimum Gasteiger partial charge on any atom is -0.497 e. The molecule has 9 heteroatoms. The number of carbonyl (C=O) groups excluding carboxylic acids is 2. The Morgan fingerprint density at radius 2 is 1.84 bits per heavy atom. The number of methoxy groups -OCH3 is 2. The number of benzene rings is 2. The van der Waals surface area contributed by atoms with Crippen LogP contribution >= 0.6 is 11.8 Å². The summed E-state index contributed by atoms with van der Waals surface area (Å²) in [5.74, 6) is 2.81. The third-order valence-corrected chi connectivity index (χ3v) is 6.11. The van der Waals surface area contributed by atoms with Gasteiger partial charge in [-0.1, -0.05) is 24.3 Å². The normalized spacial score (nSPS) is 12.2. The van der Waals surface area contributed by atoms with Crippen LogP contribution < -0.4 is 20.1 Å². The molecule has 0 radical (unpaired) electrons. The standard InChI is InChI=1S/C23H24N4O4S/c1-30-16-9-7-15(8-10-16)11-24-21(28)12-27-22(18-13-32-14-19(18)26-27)25-23(29)17-5-3-4-6-20(17)31-2/h3-10H,11-14H2,1-2H3,(H,24,28)(H,25,29). The van der Waals surface area contributed by atoms with Gasteiger partial charge < -0.3 is 20.1 Å². The lowest BCUT2D eigenvalue weighted by molar-refractivity contribution is -0.122. The summed E-state index contributed by atoms with van der Waals surface area (Å²) in [4.78, 5) is 25.6. The Balaban J connectivity index is 1.47. The lowest BCUT2D eigenvalue weighted by atomic mass is 10.2. The first-order valence-electron chi connectivity index (χ1n) is 10.1. The molecule has 0 aliphatic carbocycles. The van der Waals surface area contributed by atoms with Crippen molar-refractivity contribution in [1.29, 1.82) is 0 Å². The fourth-order valence-electron chi connectivity index (χ4n) is 3.46. The van der Waals surface area contributed by atoms with Crippen LogP contribution in [0.3, 0.4) is 0 Å². The maximum absolute atomic E-state index is 12.9. The molecule has 8 nitrogen and oxygen atoms in total. The van der Waals surface area contributed by atoms with Gasteiger partial charge in [0.15, 0.2) is 0 Å². The number of amides is 2. The van der Waals surface area contributed by atoms with Gasteiger partial charge in [-0.2, -0.15) is 16.9 Å². The smallest absolute Gasteiger partial charge is 0.260 e. The lowest BCUT2D eigenvalue weighted by Crippen LogP contribution is -2.29. The van der Waals surface area contributed by atoms with E-state index in [1.54, 1.807) is 47.8 Å². The van der Waals surface area contributed by atoms with Crippen molar-refractivity contribution in [2.75, 3.05) is 19.5 Å². The molecule has 1 aliphatic heterocycles. The van der Waals surface area contributed by atoms with Gasteiger partial charge in [0.1, 0.15) is 23.9 Å². The van der Waals surface area contributed by atoms with Gasteiger partial charge >= 0.3 is 0 Å². The van der Waals surface area contributed by atoms with Crippen LogP contribution in [-0.2, 0) is 29.4 Å². The van der Waals surface area contributed by atoms with Gasteiger partial charge in [-0.15, -0.1) is 0 Å². The number of fused-ring (bicyclic) bond motifs is 1. The van der Waals surface area contributed by atoms with Gasteiger partial charge in [-0.3, -0.25) is 9.59 Å². The molecule has 0 atom stereocenters. The van der Waals surface area contributed by atoms with Crippen molar-refractivity contribution in [3.63, 3.8) is 0 Å². The number of nitrogens with zero attached hydrogens (tertiary/aromatic N) is 2. The van der Waals surface area contributed by atoms with Gasteiger partial charge in [0.25, 0.3) is 5.91 Å². The maximum atomic E-state index is 12.9. The SMILES string of the molecule is COc1ccc(CNC(=O)Cn2nc3c(c2NC(=O)c2ccccc2OC)CSC3)cc1. The minimum atomic E-state index is -0.304. The number of rotatable bonds is 8. The van der Waals surface area contributed by atoms with Crippen LogP contribution in [0.15, 0.2) is 48.5 Å². The molecule has 0 saturated heterocycles. The summed E-state index contributed by atoms with van der Waals surface area (Å²) in [5, 5.41) is 10.4. The number of hydrogen-bond donors (Lipinski definition) is 2. The van der Waals surface area contributed by atoms with Gasteiger partial charge in [0.2, 0.25) is 5.91 Å². The topological polar surface area (TPSA) is 94.5 Å². The minimum absolute atomic E-state index is 0.00929. The Hall–Kier alpha value is -3.46. The third-order valence-electron chi connectivity index (χ3n) is 5.14. The highest BCUT2D eigenvalue weighted by Crippen LogP contribution is 2.35. The highest BCUT2D eigenvalue weighted by Gasteiger charge is 2.25. The molecule has 0 fully saturated rings. The van der Waals surface area contributed by atoms with Crippen LogP contribution in [0.5, 0.6) is 11.5 Å². The average Bonchev–Trinajstić information content (AvgIpc) is 3.40. The molecule has 1 aliphatic rings. The molecule has 0 unspecified atom stereocenters. The van der Waals surface area contributed by atoms with E-state index in [1.165, 1.54) is 7.11 Å². The second-order valence-corrected chi connectivity index (χ2v) is 8.19. The van der Waals surface area contributed by atoms with Crippen molar-refractivity contribution in [1.82, 2.24) is 15.1 Å². The van der Waals surface area contributed by atoms with Crippen LogP contribution in [0, 0.1) is 0 Å². The quantitative estimate of drug-likeness (QED) is 0.545. The number of para-hydroxylation sites is 1. The Bertz CT molecular complexity index is 1130. The van der Waals surface area contributed by atoms with E-state index < -0.39 is 0 Å². The van der Waals surface area contributed by atoms with Crippen molar-refractivity contribution in [2.45, 2.75) is 24.6 Å². The molecule has 3 aromatic rings. The fraction of sp³-hybridized carbons (Fsp3) is 0.261. The highest BCUT2D eigenvalue weighted by atomic mass is 32.2. The zero-order chi connectivity index (χ0) is 22.5. The summed E-state index contributed by atoms with van der Waals surface area (Å²) in [7, 11) is 3.14. The van der Waals surface area contributed by atoms with Crippen molar-refractivity contribution >= 4 is 29.4 Å². The largest absolute Gasteiger partial charge is 0.497 e. The van der Waals surface area contributed by atoms with Crippen LogP contribution in [0.2, 0.25) is 0 Å². The number of carbonyl (C=O) groups is 2. The number of ether oxygens (including phenoxy) is 2. The van der Waals surface area contributed by atoms with Crippen molar-refractivity contribution in [3.05, 3.63) is 70.9 Å². The monoisotopic (exact) mass is 452 g/mol. The first-order valence-corrected chi connectivity index (χ1v) is 11.2. The molecule has 32 heavy (non-hydrogen) atoms. The summed E-state index contributed by atoms with van der Waals surface area (Å²) >= 11 is 1.73. The summed E-state index contributed by atoms with van der Waals surface area (Å²) in [6.07, 6.45) is 0. The van der Waals surface area contributed by atoms with Crippen LogP contribution in [0.1, 0.15) is 27.2 Å². The molecule has 4 rings (SSSR count). The van der Waals surface area contributed by atoms with Gasteiger partial charge in [0.05, 0.1) is 25.5 Å². The zero-order valence-electron chi connectivity index (χ0n) is 17.9. The molecule has 2 heterocycles. The molecule has 2 aromatic carbocycles. The predicted molar refractivity (Wildman–Crippen MR) is 123 cm³/mol. The fourth-order valence-corrected chi connectivity index (χ4v) is 4.50. The van der Waals surface area contributed by atoms with Crippen molar-refractivity contribution in [3.8, 4) is 11.5 Å². The van der Waals surface area contributed by atoms with Crippen LogP contribution in [0.4, 0.5) is 5.82 Å². The van der Waals surface area contributed by atoms with E-state index in [2.05, 4.69) is 15.7 Å². The molecule has 2 N–H and O–H groups in total. The predicted octanol–water partition coefficient (Wildman–Crippen LogP) is 3.22. The summed E-state index contributed by atoms with van der Waals surface area (Å²) < 4.78 is 12.0. The number of nitrogens with one attached hydrogen (secondary N) is 2. The van der Waals surface area contributed by atoms with E-state index in [1.807, 2.05) is 24.3 Å². The first kappa shape index (κ1) is 21.8. The molecular formula is C23H24N4O4S. The maximum Gasteiger partial charge on any atom is 0.260 e. The summed E-state index contributed by atoms with van der Waals surface area (Å²) in [6.45, 7) is 0.401. The molecule has 0 saturated carbocycles. The lowest BCUT2D eigenvalue weighted by Gasteiger charge is -2.13. The molecule has 166 valence electrons. The van der Waals surface area contributed by atoms with Crippen LogP contribution in [-0.4, -0.2) is 35.8 Å². The molecule has 0 spiro atoms. The average molecular weight is 453 g/mol. The molecule has 0 bridgehead atoms. The molecule has 2 amide bonds. The van der Waals surface area contributed by atoms with Gasteiger partial charge in [-0.25, -0.2) is 4.68 Å². The van der Waals surface area contributed by atoms with Gasteiger partial charge in [-0.05, 0) is 29.8 Å². The van der Waals surface area contributed by atoms with Crippen LogP contribution in [0.25, 0.3) is 0 Å². The second-order valence-electron chi connectivity index (χ2n) is 7.20.